The van der Waals surface area contributed by atoms with Gasteiger partial charge in [0.25, 0.3) is 0 Å². The van der Waals surface area contributed by atoms with Crippen molar-refractivity contribution in [2.75, 3.05) is 11.4 Å². The number of hydrogen-bond acceptors (Lipinski definition) is 3. The minimum atomic E-state index is 0.0253. The van der Waals surface area contributed by atoms with E-state index >= 15 is 0 Å². The van der Waals surface area contributed by atoms with E-state index < -0.39 is 0 Å². The molecule has 0 aliphatic rings. The summed E-state index contributed by atoms with van der Waals surface area (Å²) in [5.74, 6) is 0.0253. The number of nitrogens with two attached hydrogens (primary N) is 1. The fraction of sp³-hybridized carbons (Fsp3) is 0.500. The average Bonchev–Trinajstić information content (AvgIpc) is 2.25. The van der Waals surface area contributed by atoms with E-state index in [1.54, 1.807) is 6.20 Å². The molecule has 3 N–H and O–H groups in total. The minimum absolute atomic E-state index is 0.0253. The van der Waals surface area contributed by atoms with Crippen molar-refractivity contribution in [2.45, 2.75) is 33.2 Å². The van der Waals surface area contributed by atoms with Crippen molar-refractivity contribution >= 4 is 11.5 Å². The Kier molecular flexibility index (Phi) is 4.28. The van der Waals surface area contributed by atoms with Crippen LogP contribution in [0.1, 0.15) is 32.9 Å². The normalized spacial score (nSPS) is 10.5. The standard InChI is InChI=1S/C12H20N4/c1-4-8-16(9(2)3)10-6-5-7-15-11(10)12(13)14/h5-7,9H,4,8H2,1-3H3,(H3,13,14). The zero-order valence-corrected chi connectivity index (χ0v) is 10.2. The first-order valence-electron chi connectivity index (χ1n) is 5.64. The number of anilines is 1. The molecular weight excluding hydrogens is 200 g/mol. The maximum atomic E-state index is 7.53. The summed E-state index contributed by atoms with van der Waals surface area (Å²) in [6.07, 6.45) is 2.73. The Labute approximate surface area is 97.0 Å². The maximum absolute atomic E-state index is 7.53. The number of nitrogens with one attached hydrogen (secondary N) is 1. The molecule has 1 aromatic rings. The van der Waals surface area contributed by atoms with E-state index in [-0.39, 0.29) is 5.84 Å². The summed E-state index contributed by atoms with van der Waals surface area (Å²) >= 11 is 0. The second kappa shape index (κ2) is 5.49. The molecule has 0 aliphatic carbocycles. The van der Waals surface area contributed by atoms with E-state index in [2.05, 4.69) is 30.7 Å². The van der Waals surface area contributed by atoms with Gasteiger partial charge in [-0.3, -0.25) is 10.4 Å². The highest BCUT2D eigenvalue weighted by atomic mass is 15.2. The molecule has 0 fully saturated rings. The Morgan fingerprint density at radius 3 is 2.75 bits per heavy atom. The second-order valence-corrected chi connectivity index (χ2v) is 4.07. The predicted molar refractivity (Wildman–Crippen MR) is 68.0 cm³/mol. The molecule has 1 aromatic heterocycles. The Morgan fingerprint density at radius 1 is 1.56 bits per heavy atom. The molecule has 0 bridgehead atoms. The summed E-state index contributed by atoms with van der Waals surface area (Å²) in [4.78, 5) is 6.40. The Morgan fingerprint density at radius 2 is 2.25 bits per heavy atom. The van der Waals surface area contributed by atoms with Crippen LogP contribution < -0.4 is 10.6 Å². The van der Waals surface area contributed by atoms with Crippen molar-refractivity contribution in [3.8, 4) is 0 Å². The van der Waals surface area contributed by atoms with E-state index in [1.165, 1.54) is 0 Å². The van der Waals surface area contributed by atoms with Gasteiger partial charge in [0.05, 0.1) is 5.69 Å². The third kappa shape index (κ3) is 2.72. The van der Waals surface area contributed by atoms with Crippen LogP contribution in [0, 0.1) is 5.41 Å². The zero-order chi connectivity index (χ0) is 12.1. The molecule has 0 saturated heterocycles. The lowest BCUT2D eigenvalue weighted by atomic mass is 10.2. The van der Waals surface area contributed by atoms with Gasteiger partial charge in [-0.05, 0) is 32.4 Å². The number of amidine groups is 1. The quantitative estimate of drug-likeness (QED) is 0.589. The lowest BCUT2D eigenvalue weighted by Crippen LogP contribution is -2.33. The summed E-state index contributed by atoms with van der Waals surface area (Å²) < 4.78 is 0. The van der Waals surface area contributed by atoms with Gasteiger partial charge in [-0.2, -0.15) is 0 Å². The van der Waals surface area contributed by atoms with E-state index in [9.17, 15) is 0 Å². The molecule has 0 aromatic carbocycles. The molecule has 1 rings (SSSR count). The number of nitrogen functional groups attached to an aromatic ring is 1. The summed E-state index contributed by atoms with van der Waals surface area (Å²) in [5.41, 5.74) is 7.07. The Hall–Kier alpha value is -1.58. The molecule has 4 heteroatoms. The molecular formula is C12H20N4. The van der Waals surface area contributed by atoms with Gasteiger partial charge >= 0.3 is 0 Å². The highest BCUT2D eigenvalue weighted by Gasteiger charge is 2.15. The number of nitrogens with zero attached hydrogens (tertiary/aromatic N) is 2. The van der Waals surface area contributed by atoms with Gasteiger partial charge in [-0.1, -0.05) is 6.92 Å². The minimum Gasteiger partial charge on any atom is -0.382 e. The molecule has 0 aliphatic heterocycles. The number of pyridine rings is 1. The van der Waals surface area contributed by atoms with Crippen molar-refractivity contribution in [1.82, 2.24) is 4.98 Å². The fourth-order valence-electron chi connectivity index (χ4n) is 1.73. The average molecular weight is 220 g/mol. The van der Waals surface area contributed by atoms with Crippen molar-refractivity contribution < 1.29 is 0 Å². The number of hydrogen-bond donors (Lipinski definition) is 2. The Bertz CT molecular complexity index is 360. The molecule has 0 spiro atoms. The highest BCUT2D eigenvalue weighted by molar-refractivity contribution is 5.98. The first kappa shape index (κ1) is 12.5. The molecule has 16 heavy (non-hydrogen) atoms. The molecule has 1 heterocycles. The molecule has 4 nitrogen and oxygen atoms in total. The van der Waals surface area contributed by atoms with Crippen LogP contribution in [0.15, 0.2) is 18.3 Å². The Balaban J connectivity index is 3.12. The second-order valence-electron chi connectivity index (χ2n) is 4.07. The van der Waals surface area contributed by atoms with Gasteiger partial charge in [0.1, 0.15) is 11.5 Å². The highest BCUT2D eigenvalue weighted by Crippen LogP contribution is 2.20. The largest absolute Gasteiger partial charge is 0.382 e. The van der Waals surface area contributed by atoms with Crippen molar-refractivity contribution in [2.24, 2.45) is 5.73 Å². The van der Waals surface area contributed by atoms with E-state index in [0.717, 1.165) is 18.7 Å². The van der Waals surface area contributed by atoms with Crippen LogP contribution in [-0.4, -0.2) is 23.4 Å². The van der Waals surface area contributed by atoms with E-state index in [1.807, 2.05) is 12.1 Å². The zero-order valence-electron chi connectivity index (χ0n) is 10.2. The molecule has 88 valence electrons. The predicted octanol–water partition coefficient (Wildman–Crippen LogP) is 1.99. The van der Waals surface area contributed by atoms with Crippen LogP contribution in [0.2, 0.25) is 0 Å². The van der Waals surface area contributed by atoms with Crippen LogP contribution in [-0.2, 0) is 0 Å². The summed E-state index contributed by atoms with van der Waals surface area (Å²) in [6.45, 7) is 7.35. The van der Waals surface area contributed by atoms with Gasteiger partial charge in [0.2, 0.25) is 0 Å². The van der Waals surface area contributed by atoms with Crippen LogP contribution in [0.4, 0.5) is 5.69 Å². The maximum Gasteiger partial charge on any atom is 0.143 e. The molecule has 0 saturated carbocycles. The smallest absolute Gasteiger partial charge is 0.143 e. The molecule has 0 unspecified atom stereocenters. The summed E-state index contributed by atoms with van der Waals surface area (Å²) in [5, 5.41) is 7.53. The third-order valence-corrected chi connectivity index (χ3v) is 2.44. The van der Waals surface area contributed by atoms with Crippen LogP contribution in [0.25, 0.3) is 0 Å². The lowest BCUT2D eigenvalue weighted by Gasteiger charge is -2.29. The summed E-state index contributed by atoms with van der Waals surface area (Å²) in [6, 6.07) is 4.23. The number of aromatic nitrogens is 1. The number of rotatable bonds is 5. The van der Waals surface area contributed by atoms with Gasteiger partial charge in [-0.25, -0.2) is 0 Å². The van der Waals surface area contributed by atoms with Gasteiger partial charge in [0, 0.05) is 18.8 Å². The first-order valence-corrected chi connectivity index (χ1v) is 5.64. The first-order chi connectivity index (χ1) is 7.57. The fourth-order valence-corrected chi connectivity index (χ4v) is 1.73. The lowest BCUT2D eigenvalue weighted by molar-refractivity contribution is 0.669. The van der Waals surface area contributed by atoms with Crippen LogP contribution >= 0.6 is 0 Å². The summed E-state index contributed by atoms with van der Waals surface area (Å²) in [7, 11) is 0. The van der Waals surface area contributed by atoms with Crippen molar-refractivity contribution in [3.05, 3.63) is 24.0 Å². The third-order valence-electron chi connectivity index (χ3n) is 2.44. The van der Waals surface area contributed by atoms with Crippen LogP contribution in [0.3, 0.4) is 0 Å². The van der Waals surface area contributed by atoms with Gasteiger partial charge in [0.15, 0.2) is 0 Å². The van der Waals surface area contributed by atoms with Crippen molar-refractivity contribution in [1.29, 1.82) is 5.41 Å². The van der Waals surface area contributed by atoms with Crippen molar-refractivity contribution in [3.63, 3.8) is 0 Å². The van der Waals surface area contributed by atoms with E-state index in [0.29, 0.717) is 11.7 Å². The molecule has 0 amide bonds. The molecule has 0 atom stereocenters. The van der Waals surface area contributed by atoms with Gasteiger partial charge in [-0.15, -0.1) is 0 Å². The van der Waals surface area contributed by atoms with Gasteiger partial charge < -0.3 is 10.6 Å². The SMILES string of the molecule is CCCN(c1cccnc1C(=N)N)C(C)C. The van der Waals surface area contributed by atoms with Crippen LogP contribution in [0.5, 0.6) is 0 Å². The monoisotopic (exact) mass is 220 g/mol. The van der Waals surface area contributed by atoms with E-state index in [4.69, 9.17) is 11.1 Å². The molecule has 0 radical (unpaired) electrons. The topological polar surface area (TPSA) is 66.0 Å².